The van der Waals surface area contributed by atoms with Gasteiger partial charge >= 0.3 is 0 Å². The van der Waals surface area contributed by atoms with Crippen LogP contribution in [0.3, 0.4) is 0 Å². The molecule has 0 aliphatic carbocycles. The van der Waals surface area contributed by atoms with E-state index in [9.17, 15) is 4.79 Å². The van der Waals surface area contributed by atoms with Gasteiger partial charge < -0.3 is 10.2 Å². The van der Waals surface area contributed by atoms with Crippen molar-refractivity contribution in [3.63, 3.8) is 0 Å². The van der Waals surface area contributed by atoms with E-state index < -0.39 is 0 Å². The first kappa shape index (κ1) is 22.7. The molecule has 18 heavy (non-hydrogen) atoms. The Morgan fingerprint density at radius 1 is 0.944 bits per heavy atom. The molecule has 2 N–H and O–H groups in total. The minimum Gasteiger partial charge on any atom is -0.397 e. The molecular formula is C15H34O3. The summed E-state index contributed by atoms with van der Waals surface area (Å²) in [6.45, 7) is 12.7. The van der Waals surface area contributed by atoms with E-state index in [2.05, 4.69) is 34.6 Å². The van der Waals surface area contributed by atoms with Crippen LogP contribution in [0.25, 0.3) is 0 Å². The van der Waals surface area contributed by atoms with Crippen LogP contribution < -0.4 is 0 Å². The predicted octanol–water partition coefficient (Wildman–Crippen LogP) is 3.43. The van der Waals surface area contributed by atoms with Crippen LogP contribution in [0.1, 0.15) is 67.2 Å². The van der Waals surface area contributed by atoms with E-state index in [1.807, 2.05) is 0 Å². The lowest BCUT2D eigenvalue weighted by molar-refractivity contribution is -0.120. The normalized spacial score (nSPS) is 9.44. The van der Waals surface area contributed by atoms with Crippen LogP contribution >= 0.6 is 0 Å². The summed E-state index contributed by atoms with van der Waals surface area (Å²) in [6, 6.07) is 0. The number of carbonyl (C=O) groups is 1. The summed E-state index contributed by atoms with van der Waals surface area (Å²) in [7, 11) is 0. The third-order valence-corrected chi connectivity index (χ3v) is 1.78. The molecule has 112 valence electrons. The fourth-order valence-corrected chi connectivity index (χ4v) is 1.15. The van der Waals surface area contributed by atoms with E-state index in [-0.39, 0.29) is 6.61 Å². The van der Waals surface area contributed by atoms with Crippen LogP contribution in [0, 0.1) is 11.8 Å². The van der Waals surface area contributed by atoms with Crippen LogP contribution in [-0.2, 0) is 4.79 Å². The third kappa shape index (κ3) is 36.1. The number of hydrogen-bond donors (Lipinski definition) is 2. The molecule has 3 nitrogen and oxygen atoms in total. The van der Waals surface area contributed by atoms with Crippen LogP contribution in [0.15, 0.2) is 0 Å². The molecule has 0 aromatic carbocycles. The highest BCUT2D eigenvalue weighted by Crippen LogP contribution is 2.07. The molecule has 3 heteroatoms. The van der Waals surface area contributed by atoms with Crippen molar-refractivity contribution in [2.45, 2.75) is 67.2 Å². The molecule has 0 atom stereocenters. The first-order valence-corrected chi connectivity index (χ1v) is 7.08. The van der Waals surface area contributed by atoms with Crippen LogP contribution in [0.5, 0.6) is 0 Å². The number of aliphatic hydroxyl groups is 2. The first-order chi connectivity index (χ1) is 8.35. The Kier molecular flexibility index (Phi) is 23.9. The molecule has 0 saturated carbocycles. The molecule has 0 spiro atoms. The Bertz CT molecular complexity index is 140. The lowest BCUT2D eigenvalue weighted by Gasteiger charge is -2.05. The number of ketones is 1. The molecule has 0 rings (SSSR count). The highest BCUT2D eigenvalue weighted by Gasteiger charge is 2.06. The van der Waals surface area contributed by atoms with Crippen molar-refractivity contribution >= 4 is 5.78 Å². The van der Waals surface area contributed by atoms with Crippen LogP contribution in [0.4, 0.5) is 0 Å². The minimum atomic E-state index is 0.250. The first-order valence-electron chi connectivity index (χ1n) is 7.08. The van der Waals surface area contributed by atoms with E-state index >= 15 is 0 Å². The van der Waals surface area contributed by atoms with Gasteiger partial charge in [-0.3, -0.25) is 4.79 Å². The van der Waals surface area contributed by atoms with Gasteiger partial charge in [-0.2, -0.15) is 0 Å². The van der Waals surface area contributed by atoms with E-state index in [1.165, 1.54) is 0 Å². The smallest absolute Gasteiger partial charge is 0.133 e. The average molecular weight is 262 g/mol. The van der Waals surface area contributed by atoms with Gasteiger partial charge in [0.25, 0.3) is 0 Å². The van der Waals surface area contributed by atoms with Gasteiger partial charge in [0.2, 0.25) is 0 Å². The second-order valence-electron chi connectivity index (χ2n) is 5.13. The van der Waals surface area contributed by atoms with Crippen molar-refractivity contribution in [1.29, 1.82) is 0 Å². The summed E-state index contributed by atoms with van der Waals surface area (Å²) in [5.74, 6) is 1.45. The lowest BCUT2D eigenvalue weighted by atomic mass is 10.00. The maximum atomic E-state index is 11.1. The molecule has 0 radical (unpaired) electrons. The van der Waals surface area contributed by atoms with Crippen molar-refractivity contribution in [3.05, 3.63) is 0 Å². The van der Waals surface area contributed by atoms with Gasteiger partial charge in [-0.05, 0) is 25.2 Å². The van der Waals surface area contributed by atoms with Gasteiger partial charge in [-0.1, -0.05) is 41.0 Å². The van der Waals surface area contributed by atoms with Gasteiger partial charge in [0.05, 0.1) is 0 Å². The monoisotopic (exact) mass is 262 g/mol. The van der Waals surface area contributed by atoms with E-state index in [0.717, 1.165) is 25.7 Å². The summed E-state index contributed by atoms with van der Waals surface area (Å²) in [6.07, 6.45) is 3.53. The molecule has 0 bridgehead atoms. The van der Waals surface area contributed by atoms with Crippen molar-refractivity contribution < 1.29 is 15.0 Å². The van der Waals surface area contributed by atoms with Gasteiger partial charge in [0, 0.05) is 26.1 Å². The number of rotatable bonds is 6. The molecule has 0 saturated heterocycles. The Morgan fingerprint density at radius 3 is 1.39 bits per heavy atom. The molecule has 0 fully saturated rings. The Morgan fingerprint density at radius 2 is 1.28 bits per heavy atom. The maximum absolute atomic E-state index is 11.1. The quantitative estimate of drug-likeness (QED) is 0.771. The highest BCUT2D eigenvalue weighted by atomic mass is 16.3. The number of unbranched alkanes of at least 4 members (excludes halogenated alkanes) is 1. The lowest BCUT2D eigenvalue weighted by Crippen LogP contribution is -2.05. The van der Waals surface area contributed by atoms with Gasteiger partial charge in [-0.15, -0.1) is 0 Å². The van der Waals surface area contributed by atoms with Crippen molar-refractivity contribution in [2.24, 2.45) is 11.8 Å². The molecule has 0 heterocycles. The number of aliphatic hydroxyl groups excluding tert-OH is 2. The summed E-state index contributed by atoms with van der Waals surface area (Å²) < 4.78 is 0. The topological polar surface area (TPSA) is 57.5 Å². The zero-order valence-corrected chi connectivity index (χ0v) is 13.2. The molecule has 0 aliphatic rings. The fraction of sp³-hybridized carbons (Fsp3) is 0.933. The standard InChI is InChI=1S/C9H18O.C4H10O.C2H6O/c1-7(2)5-9(10)6-8(3)4;1-2-3-4-5;1-2-3/h7-8H,5-6H2,1-4H3;5H,2-4H2,1H3;3H,2H2,1H3. The van der Waals surface area contributed by atoms with Gasteiger partial charge in [0.15, 0.2) is 0 Å². The second kappa shape index (κ2) is 18.9. The molecule has 0 aromatic heterocycles. The second-order valence-corrected chi connectivity index (χ2v) is 5.13. The van der Waals surface area contributed by atoms with Crippen LogP contribution in [-0.4, -0.2) is 29.2 Å². The molecule has 0 unspecified atom stereocenters. The zero-order valence-electron chi connectivity index (χ0n) is 13.2. The average Bonchev–Trinajstić information content (AvgIpc) is 2.18. The zero-order chi connectivity index (χ0) is 15.0. The van der Waals surface area contributed by atoms with E-state index in [0.29, 0.717) is 24.2 Å². The van der Waals surface area contributed by atoms with Crippen molar-refractivity contribution in [1.82, 2.24) is 0 Å². The highest BCUT2D eigenvalue weighted by molar-refractivity contribution is 5.78. The van der Waals surface area contributed by atoms with Gasteiger partial charge in [0.1, 0.15) is 5.78 Å². The van der Waals surface area contributed by atoms with Crippen LogP contribution in [0.2, 0.25) is 0 Å². The SMILES string of the molecule is CC(C)CC(=O)CC(C)C.CCCCO.CCO. The summed E-state index contributed by atoms with van der Waals surface area (Å²) in [5.41, 5.74) is 0. The van der Waals surface area contributed by atoms with Gasteiger partial charge in [-0.25, -0.2) is 0 Å². The Hall–Kier alpha value is -0.410. The Balaban J connectivity index is -0.000000235. The number of carbonyl (C=O) groups excluding carboxylic acids is 1. The largest absolute Gasteiger partial charge is 0.397 e. The number of hydrogen-bond acceptors (Lipinski definition) is 3. The molecule has 0 aliphatic heterocycles. The Labute approximate surface area is 114 Å². The number of Topliss-reactive ketones (excluding diaryl/α,β-unsaturated/α-hetero) is 1. The minimum absolute atomic E-state index is 0.250. The summed E-state index contributed by atoms with van der Waals surface area (Å²) >= 11 is 0. The summed E-state index contributed by atoms with van der Waals surface area (Å²) in [5, 5.41) is 15.6. The molecule has 0 amide bonds. The fourth-order valence-electron chi connectivity index (χ4n) is 1.15. The van der Waals surface area contributed by atoms with Crippen molar-refractivity contribution in [3.8, 4) is 0 Å². The third-order valence-electron chi connectivity index (χ3n) is 1.78. The predicted molar refractivity (Wildman–Crippen MR) is 78.7 cm³/mol. The molecular weight excluding hydrogens is 228 g/mol. The molecule has 0 aromatic rings. The van der Waals surface area contributed by atoms with E-state index in [4.69, 9.17) is 10.2 Å². The summed E-state index contributed by atoms with van der Waals surface area (Å²) in [4.78, 5) is 11.1. The van der Waals surface area contributed by atoms with Crippen molar-refractivity contribution in [2.75, 3.05) is 13.2 Å². The van der Waals surface area contributed by atoms with E-state index in [1.54, 1.807) is 6.92 Å². The maximum Gasteiger partial charge on any atom is 0.133 e.